The van der Waals surface area contributed by atoms with Crippen LogP contribution in [0.5, 0.6) is 0 Å². The van der Waals surface area contributed by atoms with E-state index in [1.54, 1.807) is 6.07 Å². The topological polar surface area (TPSA) is 91.4 Å². The molecule has 1 aromatic heterocycles. The number of anilines is 1. The molecule has 0 saturated carbocycles. The summed E-state index contributed by atoms with van der Waals surface area (Å²) in [5.74, 6) is -0.413. The summed E-state index contributed by atoms with van der Waals surface area (Å²) in [5.41, 5.74) is 6.25. The molecule has 3 aromatic rings. The molecule has 0 spiro atoms. The highest BCUT2D eigenvalue weighted by Gasteiger charge is 2.17. The molecule has 0 unspecified atom stereocenters. The zero-order valence-electron chi connectivity index (χ0n) is 13.9. The fraction of sp³-hybridized carbons (Fsp3) is 0.125. The van der Waals surface area contributed by atoms with Crippen molar-refractivity contribution in [3.63, 3.8) is 0 Å². The Morgan fingerprint density at radius 2 is 1.85 bits per heavy atom. The first kappa shape index (κ1) is 18.6. The van der Waals surface area contributed by atoms with Gasteiger partial charge < -0.3 is 0 Å². The molecule has 0 fully saturated rings. The summed E-state index contributed by atoms with van der Waals surface area (Å²) < 4.78 is 26.1. The Kier molecular flexibility index (Phi) is 5.15. The van der Waals surface area contributed by atoms with Crippen LogP contribution in [0.1, 0.15) is 10.4 Å². The van der Waals surface area contributed by atoms with Crippen LogP contribution in [0.25, 0.3) is 10.2 Å². The van der Waals surface area contributed by atoms with Crippen LogP contribution < -0.4 is 10.9 Å². The van der Waals surface area contributed by atoms with Crippen LogP contribution in [0.3, 0.4) is 0 Å². The van der Waals surface area contributed by atoms with Crippen molar-refractivity contribution in [1.82, 2.24) is 14.7 Å². The second kappa shape index (κ2) is 7.20. The number of fused-ring (bicyclic) bond motifs is 1. The van der Waals surface area contributed by atoms with Gasteiger partial charge in [0.2, 0.25) is 15.2 Å². The van der Waals surface area contributed by atoms with Crippen LogP contribution in [0.15, 0.2) is 47.4 Å². The molecule has 3 rings (SSSR count). The summed E-state index contributed by atoms with van der Waals surface area (Å²) in [7, 11) is -0.631. The number of hydrazine groups is 1. The first-order chi connectivity index (χ1) is 12.3. The van der Waals surface area contributed by atoms with Gasteiger partial charge in [-0.15, -0.1) is 0 Å². The van der Waals surface area contributed by atoms with Crippen LogP contribution in [0.2, 0.25) is 5.02 Å². The van der Waals surface area contributed by atoms with Gasteiger partial charge in [-0.05, 0) is 36.4 Å². The number of hydrogen-bond donors (Lipinski definition) is 2. The van der Waals surface area contributed by atoms with E-state index in [1.165, 1.54) is 49.7 Å². The smallest absolute Gasteiger partial charge is 0.269 e. The van der Waals surface area contributed by atoms with E-state index in [0.29, 0.717) is 21.2 Å². The third-order valence-corrected chi connectivity index (χ3v) is 6.62. The van der Waals surface area contributed by atoms with E-state index in [1.807, 2.05) is 12.1 Å². The highest BCUT2D eigenvalue weighted by atomic mass is 35.5. The number of benzene rings is 2. The maximum atomic E-state index is 12.2. The molecule has 26 heavy (non-hydrogen) atoms. The molecule has 1 heterocycles. The van der Waals surface area contributed by atoms with Crippen molar-refractivity contribution in [2.24, 2.45) is 0 Å². The molecule has 0 aliphatic carbocycles. The lowest BCUT2D eigenvalue weighted by atomic mass is 10.2. The molecule has 0 saturated heterocycles. The number of hydrogen-bond acceptors (Lipinski definition) is 6. The zero-order valence-corrected chi connectivity index (χ0v) is 16.2. The van der Waals surface area contributed by atoms with Crippen molar-refractivity contribution < 1.29 is 13.2 Å². The number of halogens is 1. The molecular weight excluding hydrogens is 396 g/mol. The molecule has 0 atom stereocenters. The maximum absolute atomic E-state index is 12.2. The number of amides is 1. The van der Waals surface area contributed by atoms with Crippen molar-refractivity contribution in [3.8, 4) is 0 Å². The lowest BCUT2D eigenvalue weighted by Crippen LogP contribution is -2.29. The molecule has 2 aromatic carbocycles. The van der Waals surface area contributed by atoms with Crippen molar-refractivity contribution in [1.29, 1.82) is 0 Å². The number of para-hydroxylation sites is 1. The minimum absolute atomic E-state index is 0.118. The van der Waals surface area contributed by atoms with Gasteiger partial charge in [0.25, 0.3) is 5.91 Å². The van der Waals surface area contributed by atoms with E-state index < -0.39 is 15.9 Å². The van der Waals surface area contributed by atoms with E-state index in [-0.39, 0.29) is 4.90 Å². The quantitative estimate of drug-likeness (QED) is 0.631. The predicted octanol–water partition coefficient (Wildman–Crippen LogP) is 2.96. The molecule has 0 aliphatic rings. The molecule has 0 radical (unpaired) electrons. The fourth-order valence-electron chi connectivity index (χ4n) is 2.14. The van der Waals surface area contributed by atoms with E-state index >= 15 is 0 Å². The highest BCUT2D eigenvalue weighted by molar-refractivity contribution is 7.89. The van der Waals surface area contributed by atoms with Gasteiger partial charge in [0.05, 0.1) is 14.6 Å². The van der Waals surface area contributed by atoms with E-state index in [2.05, 4.69) is 15.8 Å². The molecule has 0 aliphatic heterocycles. The second-order valence-corrected chi connectivity index (χ2v) is 9.09. The second-order valence-electron chi connectivity index (χ2n) is 5.50. The average molecular weight is 411 g/mol. The fourth-order valence-corrected chi connectivity index (χ4v) is 4.16. The Bertz CT molecular complexity index is 1060. The maximum Gasteiger partial charge on any atom is 0.269 e. The third-order valence-electron chi connectivity index (χ3n) is 3.55. The number of thiazole rings is 1. The van der Waals surface area contributed by atoms with Gasteiger partial charge in [0.1, 0.15) is 5.52 Å². The molecule has 2 N–H and O–H groups in total. The lowest BCUT2D eigenvalue weighted by molar-refractivity contribution is 0.0962. The van der Waals surface area contributed by atoms with Gasteiger partial charge in [0.15, 0.2) is 0 Å². The monoisotopic (exact) mass is 410 g/mol. The minimum Gasteiger partial charge on any atom is -0.273 e. The number of carbonyl (C=O) groups excluding carboxylic acids is 1. The lowest BCUT2D eigenvalue weighted by Gasteiger charge is -2.11. The summed E-state index contributed by atoms with van der Waals surface area (Å²) in [6.07, 6.45) is 0. The summed E-state index contributed by atoms with van der Waals surface area (Å²) in [4.78, 5) is 16.7. The van der Waals surface area contributed by atoms with Crippen LogP contribution in [0, 0.1) is 0 Å². The first-order valence-electron chi connectivity index (χ1n) is 7.43. The molecular formula is C16H15ClN4O3S2. The summed E-state index contributed by atoms with van der Waals surface area (Å²) in [6, 6.07) is 11.1. The van der Waals surface area contributed by atoms with Crippen molar-refractivity contribution >= 4 is 54.2 Å². The molecule has 10 heteroatoms. The number of aromatic nitrogens is 1. The van der Waals surface area contributed by atoms with Crippen LogP contribution in [-0.4, -0.2) is 37.7 Å². The van der Waals surface area contributed by atoms with Crippen LogP contribution in [-0.2, 0) is 10.0 Å². The average Bonchev–Trinajstić information content (AvgIpc) is 3.04. The SMILES string of the molecule is CN(C)S(=O)(=O)c1ccc(C(=O)NNc2nc3c(Cl)cccc3s2)cc1. The van der Waals surface area contributed by atoms with E-state index in [9.17, 15) is 13.2 Å². The molecule has 1 amide bonds. The Morgan fingerprint density at radius 3 is 2.46 bits per heavy atom. The van der Waals surface area contributed by atoms with E-state index in [0.717, 1.165) is 9.01 Å². The van der Waals surface area contributed by atoms with Gasteiger partial charge >= 0.3 is 0 Å². The normalized spacial score (nSPS) is 11.7. The van der Waals surface area contributed by atoms with Crippen molar-refractivity contribution in [2.45, 2.75) is 4.90 Å². The Morgan fingerprint density at radius 1 is 1.15 bits per heavy atom. The van der Waals surface area contributed by atoms with Gasteiger partial charge in [-0.2, -0.15) is 0 Å². The van der Waals surface area contributed by atoms with Crippen LogP contribution >= 0.6 is 22.9 Å². The number of nitrogens with zero attached hydrogens (tertiary/aromatic N) is 2. The van der Waals surface area contributed by atoms with Crippen molar-refractivity contribution in [3.05, 3.63) is 53.1 Å². The van der Waals surface area contributed by atoms with Crippen molar-refractivity contribution in [2.75, 3.05) is 19.5 Å². The first-order valence-corrected chi connectivity index (χ1v) is 10.1. The highest BCUT2D eigenvalue weighted by Crippen LogP contribution is 2.30. The van der Waals surface area contributed by atoms with Crippen LogP contribution in [0.4, 0.5) is 5.13 Å². The van der Waals surface area contributed by atoms with Gasteiger partial charge in [-0.25, -0.2) is 17.7 Å². The molecule has 0 bridgehead atoms. The summed E-state index contributed by atoms with van der Waals surface area (Å²) in [5, 5.41) is 1.03. The number of rotatable bonds is 5. The Labute approximate surface area is 159 Å². The van der Waals surface area contributed by atoms with Gasteiger partial charge in [0, 0.05) is 19.7 Å². The molecule has 136 valence electrons. The standard InChI is InChI=1S/C16H15ClN4O3S2/c1-21(2)26(23,24)11-8-6-10(7-9-11)15(22)19-20-16-18-14-12(17)4-3-5-13(14)25-16/h3-9H,1-2H3,(H,18,20)(H,19,22). The third kappa shape index (κ3) is 3.65. The van der Waals surface area contributed by atoms with Gasteiger partial charge in [-0.3, -0.25) is 15.6 Å². The largest absolute Gasteiger partial charge is 0.273 e. The van der Waals surface area contributed by atoms with Gasteiger partial charge in [-0.1, -0.05) is 29.0 Å². The summed E-state index contributed by atoms with van der Waals surface area (Å²) in [6.45, 7) is 0. The predicted molar refractivity (Wildman–Crippen MR) is 103 cm³/mol. The van der Waals surface area contributed by atoms with E-state index in [4.69, 9.17) is 11.6 Å². The zero-order chi connectivity index (χ0) is 18.9. The minimum atomic E-state index is -3.53. The molecule has 7 nitrogen and oxygen atoms in total. The number of sulfonamides is 1. The Hall–Kier alpha value is -2.20. The summed E-state index contributed by atoms with van der Waals surface area (Å²) >= 11 is 7.43. The Balaban J connectivity index is 1.71. The number of carbonyl (C=O) groups is 1. The number of nitrogens with one attached hydrogen (secondary N) is 2.